The van der Waals surface area contributed by atoms with Crippen molar-refractivity contribution < 1.29 is 47.6 Å². The lowest BCUT2D eigenvalue weighted by Crippen LogP contribution is -2.48. The third-order valence-corrected chi connectivity index (χ3v) is 4.76. The van der Waals surface area contributed by atoms with Crippen molar-refractivity contribution in [1.29, 1.82) is 0 Å². The lowest BCUT2D eigenvalue weighted by Gasteiger charge is -2.30. The first-order valence-corrected chi connectivity index (χ1v) is 15.5. The summed E-state index contributed by atoms with van der Waals surface area (Å²) in [4.78, 5) is 35.7. The molecular formula is C30H55FN6O9P+. The summed E-state index contributed by atoms with van der Waals surface area (Å²) in [7, 11) is 1.71. The number of hydrogen-bond acceptors (Lipinski definition) is 10. The van der Waals surface area contributed by atoms with Gasteiger partial charge in [0.25, 0.3) is 5.91 Å². The number of carbonyl (C=O) groups is 1. The van der Waals surface area contributed by atoms with Gasteiger partial charge in [-0.25, -0.2) is 14.4 Å². The largest absolute Gasteiger partial charge is 0.692 e. The number of nitrogens with one attached hydrogen (secondary N) is 2. The van der Waals surface area contributed by atoms with Crippen LogP contribution in [-0.4, -0.2) is 90.5 Å². The van der Waals surface area contributed by atoms with Gasteiger partial charge in [-0.3, -0.25) is 9.69 Å². The molecule has 0 saturated carbocycles. The van der Waals surface area contributed by atoms with E-state index in [1.165, 1.54) is 33.6 Å². The lowest BCUT2D eigenvalue weighted by molar-refractivity contribution is -0.156. The number of allylic oxidation sites excluding steroid dienone is 1. The van der Waals surface area contributed by atoms with Crippen LogP contribution < -0.4 is 16.4 Å². The van der Waals surface area contributed by atoms with Gasteiger partial charge in [0.05, 0.1) is 34.0 Å². The van der Waals surface area contributed by atoms with E-state index in [0.717, 1.165) is 11.1 Å². The third kappa shape index (κ3) is 24.8. The monoisotopic (exact) mass is 693 g/mol. The maximum atomic E-state index is 12.1. The first-order valence-electron chi connectivity index (χ1n) is 14.3. The Morgan fingerprint density at radius 2 is 1.81 bits per heavy atom. The van der Waals surface area contributed by atoms with Crippen molar-refractivity contribution in [3.8, 4) is 0 Å². The van der Waals surface area contributed by atoms with Crippen LogP contribution in [-0.2, 0) is 28.3 Å². The lowest BCUT2D eigenvalue weighted by atomic mass is 10.1. The number of ether oxygens (including phenoxy) is 4. The van der Waals surface area contributed by atoms with Crippen LogP contribution in [0, 0.1) is 0 Å². The van der Waals surface area contributed by atoms with Gasteiger partial charge >= 0.3 is 8.25 Å². The second-order valence-electron chi connectivity index (χ2n) is 8.23. The summed E-state index contributed by atoms with van der Waals surface area (Å²) in [6, 6.07) is -0.231. The van der Waals surface area contributed by atoms with Crippen LogP contribution in [0.1, 0.15) is 48.5 Å². The van der Waals surface area contributed by atoms with E-state index in [2.05, 4.69) is 33.8 Å². The Bertz CT molecular complexity index is 1090. The number of methoxy groups -OCH3 is 3. The van der Waals surface area contributed by atoms with Gasteiger partial charge in [-0.2, -0.15) is 0 Å². The molecule has 15 nitrogen and oxygen atoms in total. The zero-order chi connectivity index (χ0) is 37.4. The fourth-order valence-electron chi connectivity index (χ4n) is 2.90. The topological polar surface area (TPSA) is 210 Å². The highest BCUT2D eigenvalue weighted by molar-refractivity contribution is 7.30. The number of carbonyl (C=O) groups excluding carboxylic acids is 1. The Morgan fingerprint density at radius 1 is 1.23 bits per heavy atom. The molecule has 1 aliphatic heterocycles. The summed E-state index contributed by atoms with van der Waals surface area (Å²) >= 11 is 0. The Hall–Kier alpha value is -4.08. The minimum absolute atomic E-state index is 0.0467. The van der Waals surface area contributed by atoms with Crippen LogP contribution in [0.15, 0.2) is 83.5 Å². The highest BCUT2D eigenvalue weighted by Gasteiger charge is 2.32. The van der Waals surface area contributed by atoms with Gasteiger partial charge in [0.1, 0.15) is 31.2 Å². The number of halogens is 1. The molecule has 1 amide bonds. The number of amidine groups is 1. The minimum Gasteiger partial charge on any atom is -0.493 e. The van der Waals surface area contributed by atoms with E-state index in [-0.39, 0.29) is 31.2 Å². The molecule has 1 unspecified atom stereocenters. The van der Waals surface area contributed by atoms with Gasteiger partial charge in [-0.05, 0) is 45.2 Å². The zero-order valence-corrected chi connectivity index (χ0v) is 30.1. The highest BCUT2D eigenvalue weighted by Crippen LogP contribution is 2.19. The van der Waals surface area contributed by atoms with Crippen molar-refractivity contribution in [2.24, 2.45) is 15.7 Å². The van der Waals surface area contributed by atoms with Crippen molar-refractivity contribution >= 4 is 26.0 Å². The van der Waals surface area contributed by atoms with Crippen LogP contribution in [0.5, 0.6) is 0 Å². The molecule has 0 saturated heterocycles. The van der Waals surface area contributed by atoms with Crippen LogP contribution in [0.25, 0.3) is 0 Å². The molecule has 0 aromatic rings. The van der Waals surface area contributed by atoms with E-state index in [1.54, 1.807) is 32.1 Å². The maximum Gasteiger partial charge on any atom is 0.692 e. The van der Waals surface area contributed by atoms with E-state index < -0.39 is 20.6 Å². The maximum absolute atomic E-state index is 12.1. The van der Waals surface area contributed by atoms with Gasteiger partial charge in [0.2, 0.25) is 5.76 Å². The molecule has 0 aromatic heterocycles. The zero-order valence-electron chi connectivity index (χ0n) is 29.2. The molecule has 47 heavy (non-hydrogen) atoms. The molecule has 270 valence electrons. The van der Waals surface area contributed by atoms with Crippen LogP contribution in [0.3, 0.4) is 0 Å². The Balaban J connectivity index is -0.000000322. The molecule has 0 bridgehead atoms. The SMILES string of the molecule is C=CNC(N)=NC(C)/C=C(OC)\C(OC)=C(/C=C)OC.CC.CC.CC1(C)OC/C=C\C(N/C=C/F)=N/CN(CO)C1=O.O=[P+](O)O. The summed E-state index contributed by atoms with van der Waals surface area (Å²) < 4.78 is 41.8. The molecule has 7 N–H and O–H groups in total. The predicted octanol–water partition coefficient (Wildman–Crippen LogP) is 3.84. The fourth-order valence-corrected chi connectivity index (χ4v) is 2.90. The number of rotatable bonds is 10. The van der Waals surface area contributed by atoms with Gasteiger partial charge < -0.3 is 40.4 Å². The second kappa shape index (κ2) is 31.9. The smallest absolute Gasteiger partial charge is 0.493 e. The van der Waals surface area contributed by atoms with Crippen molar-refractivity contribution in [3.63, 3.8) is 0 Å². The normalized spacial score (nSPS) is 17.2. The van der Waals surface area contributed by atoms with E-state index >= 15 is 0 Å². The average molecular weight is 694 g/mol. The van der Waals surface area contributed by atoms with Crippen molar-refractivity contribution in [2.75, 3.05) is 41.3 Å². The van der Waals surface area contributed by atoms with Gasteiger partial charge in [-0.15, -0.1) is 9.79 Å². The molecule has 1 aliphatic rings. The molecule has 0 aromatic carbocycles. The Labute approximate surface area is 279 Å². The number of nitrogens with two attached hydrogens (primary N) is 1. The molecule has 0 aliphatic carbocycles. The summed E-state index contributed by atoms with van der Waals surface area (Å²) in [5.74, 6) is 1.64. The van der Waals surface area contributed by atoms with Crippen molar-refractivity contribution in [2.45, 2.75) is 60.1 Å². The first kappa shape index (κ1) is 49.8. The molecule has 1 rings (SSSR count). The molecule has 17 heteroatoms. The first-order chi connectivity index (χ1) is 22.3. The van der Waals surface area contributed by atoms with E-state index in [4.69, 9.17) is 39.0 Å². The summed E-state index contributed by atoms with van der Waals surface area (Å²) in [5.41, 5.74) is 4.60. The predicted molar refractivity (Wildman–Crippen MR) is 184 cm³/mol. The number of aliphatic imine (C=N–C) groups is 2. The fraction of sp³-hybridized carbons (Fsp3) is 0.500. The second-order valence-corrected chi connectivity index (χ2v) is 8.73. The van der Waals surface area contributed by atoms with E-state index in [0.29, 0.717) is 29.4 Å². The summed E-state index contributed by atoms with van der Waals surface area (Å²) in [6.07, 6.45) is 9.43. The average Bonchev–Trinajstić information content (AvgIpc) is 3.04. The van der Waals surface area contributed by atoms with Crippen LogP contribution in [0.4, 0.5) is 4.39 Å². The van der Waals surface area contributed by atoms with Crippen LogP contribution >= 0.6 is 8.25 Å². The molecule has 1 heterocycles. The minimum atomic E-state index is -2.87. The van der Waals surface area contributed by atoms with Gasteiger partial charge in [-0.1, -0.05) is 46.9 Å². The number of aliphatic hydroxyl groups is 1. The van der Waals surface area contributed by atoms with E-state index in [9.17, 15) is 14.3 Å². The van der Waals surface area contributed by atoms with Crippen molar-refractivity contribution in [1.82, 2.24) is 15.5 Å². The Kier molecular flexibility index (Phi) is 33.8. The quantitative estimate of drug-likeness (QED) is 0.0634. The molecule has 0 radical (unpaired) electrons. The standard InChI is InChI=1S/C14H23N3O3.C12H18FN3O3.2C2H6.HO3P/c1-7-11(18-4)13(20-6)12(19-5)9-10(3)17-14(15)16-8-2;1-12(2)11(18)16(9-17)8-15-10(14-6-5-13)4-3-7-19-12;2*1-2;1-4(2)3/h7-10H,1-2H2,3-6H3,(H3,15,16,17);3-6,17H,7-9H2,1-2H3,(H,14,15);2*1-2H3;(H-,1,2,3)/p+1/b12-9+,13-11-;4-3-,6-5+;;;. The number of guanidine groups is 1. The van der Waals surface area contributed by atoms with Gasteiger partial charge in [0, 0.05) is 10.8 Å². The van der Waals surface area contributed by atoms with Crippen LogP contribution in [0.2, 0.25) is 0 Å². The number of aliphatic hydroxyl groups excluding tert-OH is 1. The number of hydrogen-bond donors (Lipinski definition) is 6. The molecule has 1 atom stereocenters. The Morgan fingerprint density at radius 3 is 2.23 bits per heavy atom. The summed E-state index contributed by atoms with van der Waals surface area (Å²) in [6.45, 7) is 20.0. The molecular weight excluding hydrogens is 638 g/mol. The summed E-state index contributed by atoms with van der Waals surface area (Å²) in [5, 5.41) is 14.5. The highest BCUT2D eigenvalue weighted by atomic mass is 31.1. The molecule has 0 fully saturated rings. The van der Waals surface area contributed by atoms with Gasteiger partial charge in [0.15, 0.2) is 17.5 Å². The molecule has 0 spiro atoms. The number of nitrogens with zero attached hydrogens (tertiary/aromatic N) is 3. The third-order valence-electron chi connectivity index (χ3n) is 4.76. The van der Waals surface area contributed by atoms with Crippen molar-refractivity contribution in [3.05, 3.63) is 73.5 Å². The van der Waals surface area contributed by atoms with E-state index in [1.807, 2.05) is 34.6 Å². The number of amides is 1.